The second kappa shape index (κ2) is 7.47. The number of urea groups is 1. The number of carbonyl (C=O) groups excluding carboxylic acids is 2. The fourth-order valence-corrected chi connectivity index (χ4v) is 4.93. The number of pyridine rings is 1. The number of aliphatic carboxylic acids is 1. The number of β-lactam (4-membered cyclic amide) rings is 1. The number of nitrogens with one attached hydrogen (secondary N) is 2. The van der Waals surface area contributed by atoms with Crippen molar-refractivity contribution in [2.75, 3.05) is 0 Å². The Balaban J connectivity index is 1.52. The number of hydrogen-bond donors (Lipinski definition) is 4. The van der Waals surface area contributed by atoms with Crippen molar-refractivity contribution < 1.29 is 24.6 Å². The summed E-state index contributed by atoms with van der Waals surface area (Å²) in [5, 5.41) is 25.4. The van der Waals surface area contributed by atoms with E-state index in [1.165, 1.54) is 4.90 Å². The third-order valence-corrected chi connectivity index (χ3v) is 6.10. The number of carboxylic acid groups (broad SMARTS) is 1. The van der Waals surface area contributed by atoms with Crippen molar-refractivity contribution in [1.29, 1.82) is 0 Å². The monoisotopic (exact) mass is 400 g/mol. The smallest absolute Gasteiger partial charge is 0.352 e. The van der Waals surface area contributed by atoms with Crippen LogP contribution in [-0.2, 0) is 16.1 Å². The van der Waals surface area contributed by atoms with Gasteiger partial charge in [-0.15, -0.1) is 0 Å². The molecule has 154 valence electrons. The molecule has 9 heteroatoms. The number of carboxylic acids is 1. The van der Waals surface area contributed by atoms with Crippen molar-refractivity contribution >= 4 is 17.9 Å². The topological polar surface area (TPSA) is 132 Å². The largest absolute Gasteiger partial charge is 0.477 e. The van der Waals surface area contributed by atoms with E-state index >= 15 is 0 Å². The zero-order valence-corrected chi connectivity index (χ0v) is 16.0. The maximum absolute atomic E-state index is 12.5. The van der Waals surface area contributed by atoms with E-state index in [9.17, 15) is 24.6 Å². The molecule has 2 fully saturated rings. The molecule has 1 saturated heterocycles. The third-order valence-electron chi connectivity index (χ3n) is 6.10. The lowest BCUT2D eigenvalue weighted by molar-refractivity contribution is -0.163. The Hall–Kier alpha value is -2.94. The summed E-state index contributed by atoms with van der Waals surface area (Å²) in [4.78, 5) is 42.2. The summed E-state index contributed by atoms with van der Waals surface area (Å²) in [6, 6.07) is 2.43. The minimum absolute atomic E-state index is 0.0286. The molecule has 3 amide bonds. The first kappa shape index (κ1) is 19.4. The first-order valence-corrected chi connectivity index (χ1v) is 9.82. The van der Waals surface area contributed by atoms with Crippen LogP contribution in [0.3, 0.4) is 0 Å². The number of rotatable bonds is 5. The molecule has 1 unspecified atom stereocenters. The molecule has 3 aliphatic rings. The van der Waals surface area contributed by atoms with Gasteiger partial charge in [0.25, 0.3) is 0 Å². The molecule has 0 bridgehead atoms. The van der Waals surface area contributed by atoms with Gasteiger partial charge >= 0.3 is 12.0 Å². The number of aromatic nitrogens is 1. The Bertz CT molecular complexity index is 869. The summed E-state index contributed by atoms with van der Waals surface area (Å²) in [6.45, 7) is 1.86. The van der Waals surface area contributed by atoms with Crippen molar-refractivity contribution in [3.63, 3.8) is 0 Å². The summed E-state index contributed by atoms with van der Waals surface area (Å²) in [6.07, 6.45) is 4.62. The Morgan fingerprint density at radius 2 is 2.17 bits per heavy atom. The van der Waals surface area contributed by atoms with Crippen molar-refractivity contribution in [2.24, 2.45) is 11.8 Å². The van der Waals surface area contributed by atoms with Crippen molar-refractivity contribution in [1.82, 2.24) is 20.5 Å². The van der Waals surface area contributed by atoms with Crippen LogP contribution >= 0.6 is 0 Å². The van der Waals surface area contributed by atoms with Crippen LogP contribution in [0.25, 0.3) is 0 Å². The maximum Gasteiger partial charge on any atom is 0.352 e. The number of fused-ring (bicyclic) bond motifs is 3. The highest BCUT2D eigenvalue weighted by atomic mass is 16.4. The van der Waals surface area contributed by atoms with Gasteiger partial charge in [0.1, 0.15) is 5.70 Å². The second-order valence-corrected chi connectivity index (χ2v) is 7.85. The zero-order chi connectivity index (χ0) is 20.7. The molecule has 1 aliphatic carbocycles. The molecular formula is C20H24N4O5. The van der Waals surface area contributed by atoms with Gasteiger partial charge in [-0.25, -0.2) is 9.59 Å². The molecular weight excluding hydrogens is 376 g/mol. The van der Waals surface area contributed by atoms with E-state index in [1.807, 2.05) is 6.07 Å². The second-order valence-electron chi connectivity index (χ2n) is 7.85. The Morgan fingerprint density at radius 1 is 1.38 bits per heavy atom. The lowest BCUT2D eigenvalue weighted by Crippen LogP contribution is -2.64. The van der Waals surface area contributed by atoms with E-state index in [0.717, 1.165) is 18.4 Å². The maximum atomic E-state index is 12.5. The molecule has 1 aromatic heterocycles. The number of hydrogen-bond acceptors (Lipinski definition) is 5. The average molecular weight is 400 g/mol. The highest BCUT2D eigenvalue weighted by Gasteiger charge is 2.62. The summed E-state index contributed by atoms with van der Waals surface area (Å²) in [7, 11) is 0. The molecule has 9 nitrogen and oxygen atoms in total. The lowest BCUT2D eigenvalue weighted by Gasteiger charge is -2.47. The van der Waals surface area contributed by atoms with E-state index < -0.39 is 30.1 Å². The van der Waals surface area contributed by atoms with Crippen LogP contribution in [0.1, 0.15) is 31.7 Å². The summed E-state index contributed by atoms with van der Waals surface area (Å²) in [5.41, 5.74) is 1.42. The SMILES string of the molecule is CC(O)[C@H]1C(=O)N2C(C(=O)O)=C3[C@@H](NC(=O)NCc4cccnc4)CCC[C@@H]3[C@H]12. The van der Waals surface area contributed by atoms with Crippen molar-refractivity contribution in [3.8, 4) is 0 Å². The Morgan fingerprint density at radius 3 is 2.83 bits per heavy atom. The Kier molecular flexibility index (Phi) is 4.99. The summed E-state index contributed by atoms with van der Waals surface area (Å²) in [5.74, 6) is -2.28. The molecule has 1 aromatic rings. The van der Waals surface area contributed by atoms with Crippen LogP contribution in [0.5, 0.6) is 0 Å². The minimum atomic E-state index is -1.17. The van der Waals surface area contributed by atoms with E-state index in [4.69, 9.17) is 0 Å². The molecule has 0 spiro atoms. The predicted octanol–water partition coefficient (Wildman–Crippen LogP) is 0.610. The van der Waals surface area contributed by atoms with Gasteiger partial charge in [0, 0.05) is 24.9 Å². The van der Waals surface area contributed by atoms with Crippen LogP contribution in [0, 0.1) is 11.8 Å². The number of aliphatic hydroxyl groups excluding tert-OH is 1. The first-order valence-electron chi connectivity index (χ1n) is 9.82. The summed E-state index contributed by atoms with van der Waals surface area (Å²) < 4.78 is 0. The lowest BCUT2D eigenvalue weighted by atomic mass is 9.71. The zero-order valence-electron chi connectivity index (χ0n) is 16.0. The van der Waals surface area contributed by atoms with E-state index in [-0.39, 0.29) is 23.6 Å². The van der Waals surface area contributed by atoms with Crippen LogP contribution in [0.2, 0.25) is 0 Å². The minimum Gasteiger partial charge on any atom is -0.477 e. The van der Waals surface area contributed by atoms with Gasteiger partial charge in [0.05, 0.1) is 24.1 Å². The molecule has 0 aromatic carbocycles. The van der Waals surface area contributed by atoms with Gasteiger partial charge in [-0.1, -0.05) is 12.5 Å². The van der Waals surface area contributed by atoms with E-state index in [2.05, 4.69) is 15.6 Å². The van der Waals surface area contributed by atoms with Gasteiger partial charge in [-0.3, -0.25) is 9.78 Å². The van der Waals surface area contributed by atoms with Gasteiger partial charge in [-0.2, -0.15) is 0 Å². The van der Waals surface area contributed by atoms with Crippen molar-refractivity contribution in [2.45, 2.75) is 50.9 Å². The van der Waals surface area contributed by atoms with Gasteiger partial charge in [-0.05, 0) is 37.0 Å². The van der Waals surface area contributed by atoms with Gasteiger partial charge in [0.15, 0.2) is 0 Å². The highest BCUT2D eigenvalue weighted by molar-refractivity contribution is 6.00. The highest BCUT2D eigenvalue weighted by Crippen LogP contribution is 2.52. The fraction of sp³-hybridized carbons (Fsp3) is 0.500. The standard InChI is InChI=1S/C20H24N4O5/c1-10(25)14-16-12-5-2-6-13(15(12)17(19(27)28)24(16)18(14)26)23-20(29)22-9-11-4-3-7-21-8-11/h3-4,7-8,10,12-14,16,25H,2,5-6,9H2,1H3,(H,27,28)(H2,22,23,29)/t10?,12-,13-,14+,16+/m0/s1. The third kappa shape index (κ3) is 3.25. The number of amides is 3. The number of nitrogens with zero attached hydrogens (tertiary/aromatic N) is 2. The molecule has 4 rings (SSSR count). The van der Waals surface area contributed by atoms with Crippen LogP contribution in [-0.4, -0.2) is 56.2 Å². The van der Waals surface area contributed by atoms with Crippen molar-refractivity contribution in [3.05, 3.63) is 41.4 Å². The summed E-state index contributed by atoms with van der Waals surface area (Å²) >= 11 is 0. The van der Waals surface area contributed by atoms with Crippen LogP contribution in [0.4, 0.5) is 4.79 Å². The average Bonchev–Trinajstić information content (AvgIpc) is 2.98. The van der Waals surface area contributed by atoms with Gasteiger partial charge in [0.2, 0.25) is 5.91 Å². The predicted molar refractivity (Wildman–Crippen MR) is 101 cm³/mol. The number of aliphatic hydroxyl groups is 1. The molecule has 29 heavy (non-hydrogen) atoms. The number of carbonyl (C=O) groups is 3. The molecule has 3 heterocycles. The Labute approximate surface area is 167 Å². The molecule has 5 atom stereocenters. The van der Waals surface area contributed by atoms with Crippen LogP contribution in [0.15, 0.2) is 35.8 Å². The quantitative estimate of drug-likeness (QED) is 0.536. The van der Waals surface area contributed by atoms with Gasteiger partial charge < -0.3 is 25.7 Å². The van der Waals surface area contributed by atoms with E-state index in [0.29, 0.717) is 18.5 Å². The first-order chi connectivity index (χ1) is 13.9. The van der Waals surface area contributed by atoms with E-state index in [1.54, 1.807) is 25.4 Å². The molecule has 1 saturated carbocycles. The molecule has 0 radical (unpaired) electrons. The normalized spacial score (nSPS) is 28.9. The fourth-order valence-electron chi connectivity index (χ4n) is 4.93. The van der Waals surface area contributed by atoms with Crippen LogP contribution < -0.4 is 10.6 Å². The molecule has 2 aliphatic heterocycles. The molecule has 4 N–H and O–H groups in total.